The molecule has 18 heavy (non-hydrogen) atoms. The molecule has 4 heteroatoms. The van der Waals surface area contributed by atoms with E-state index in [1.165, 1.54) is 19.3 Å². The first kappa shape index (κ1) is 13.6. The average molecular weight is 267 g/mol. The van der Waals surface area contributed by atoms with Crippen molar-refractivity contribution in [2.75, 3.05) is 6.54 Å². The van der Waals surface area contributed by atoms with Gasteiger partial charge in [0.2, 0.25) is 10.0 Å². The summed E-state index contributed by atoms with van der Waals surface area (Å²) in [4.78, 5) is 0.373. The fourth-order valence-corrected chi connectivity index (χ4v) is 3.71. The molecule has 1 saturated carbocycles. The van der Waals surface area contributed by atoms with E-state index in [0.29, 0.717) is 17.4 Å². The highest BCUT2D eigenvalue weighted by Crippen LogP contribution is 2.23. The Balaban J connectivity index is 1.98. The molecule has 0 saturated heterocycles. The zero-order valence-corrected chi connectivity index (χ0v) is 11.7. The van der Waals surface area contributed by atoms with Crippen molar-refractivity contribution in [3.05, 3.63) is 29.8 Å². The second-order valence-corrected chi connectivity index (χ2v) is 6.94. The van der Waals surface area contributed by atoms with Crippen LogP contribution in [0.25, 0.3) is 0 Å². The molecule has 0 atom stereocenters. The quantitative estimate of drug-likeness (QED) is 0.911. The van der Waals surface area contributed by atoms with Crippen molar-refractivity contribution in [3.63, 3.8) is 0 Å². The standard InChI is InChI=1S/C14H21NO2S/c1-12-6-5-9-14(10-12)18(16,17)15-11-13-7-3-2-4-8-13/h5-6,9-10,13,15H,2-4,7-8,11H2,1H3. The first-order valence-corrected chi connectivity index (χ1v) is 8.12. The lowest BCUT2D eigenvalue weighted by Crippen LogP contribution is -2.30. The van der Waals surface area contributed by atoms with Crippen LogP contribution in [0.4, 0.5) is 0 Å². The molecule has 100 valence electrons. The monoisotopic (exact) mass is 267 g/mol. The summed E-state index contributed by atoms with van der Waals surface area (Å²) >= 11 is 0. The van der Waals surface area contributed by atoms with Gasteiger partial charge in [-0.05, 0) is 43.4 Å². The van der Waals surface area contributed by atoms with Gasteiger partial charge in [0, 0.05) is 6.54 Å². The molecule has 0 spiro atoms. The van der Waals surface area contributed by atoms with Gasteiger partial charge in [-0.25, -0.2) is 13.1 Å². The molecule has 1 aliphatic rings. The molecule has 1 fully saturated rings. The van der Waals surface area contributed by atoms with Crippen LogP contribution in [0.2, 0.25) is 0 Å². The van der Waals surface area contributed by atoms with Gasteiger partial charge in [0.05, 0.1) is 4.90 Å². The second-order valence-electron chi connectivity index (χ2n) is 5.17. The van der Waals surface area contributed by atoms with Crippen LogP contribution in [-0.2, 0) is 10.0 Å². The number of hydrogen-bond acceptors (Lipinski definition) is 2. The molecular weight excluding hydrogens is 246 g/mol. The van der Waals surface area contributed by atoms with Crippen LogP contribution in [0.15, 0.2) is 29.2 Å². The first-order chi connectivity index (χ1) is 8.58. The average Bonchev–Trinajstić information content (AvgIpc) is 2.38. The first-order valence-electron chi connectivity index (χ1n) is 6.64. The van der Waals surface area contributed by atoms with E-state index in [-0.39, 0.29) is 0 Å². The van der Waals surface area contributed by atoms with Crippen molar-refractivity contribution in [2.45, 2.75) is 43.9 Å². The van der Waals surface area contributed by atoms with Gasteiger partial charge in [-0.2, -0.15) is 0 Å². The molecule has 1 aromatic carbocycles. The minimum atomic E-state index is -3.33. The van der Waals surface area contributed by atoms with E-state index >= 15 is 0 Å². The van der Waals surface area contributed by atoms with Gasteiger partial charge >= 0.3 is 0 Å². The smallest absolute Gasteiger partial charge is 0.211 e. The lowest BCUT2D eigenvalue weighted by Gasteiger charge is -2.21. The maximum Gasteiger partial charge on any atom is 0.240 e. The molecule has 1 N–H and O–H groups in total. The lowest BCUT2D eigenvalue weighted by molar-refractivity contribution is 0.357. The minimum Gasteiger partial charge on any atom is -0.211 e. The highest BCUT2D eigenvalue weighted by atomic mass is 32.2. The number of sulfonamides is 1. The Labute approximate surface area is 110 Å². The van der Waals surface area contributed by atoms with Crippen LogP contribution in [0.3, 0.4) is 0 Å². The summed E-state index contributed by atoms with van der Waals surface area (Å²) in [5.74, 6) is 0.512. The number of aryl methyl sites for hydroxylation is 1. The summed E-state index contributed by atoms with van der Waals surface area (Å²) in [5.41, 5.74) is 0.968. The van der Waals surface area contributed by atoms with E-state index in [1.807, 2.05) is 13.0 Å². The molecule has 0 heterocycles. The minimum absolute atomic E-state index is 0.373. The van der Waals surface area contributed by atoms with Gasteiger partial charge in [-0.15, -0.1) is 0 Å². The summed E-state index contributed by atoms with van der Waals surface area (Å²) in [7, 11) is -3.33. The van der Waals surface area contributed by atoms with Crippen LogP contribution in [0.5, 0.6) is 0 Å². The van der Waals surface area contributed by atoms with Crippen LogP contribution < -0.4 is 4.72 Å². The normalized spacial score (nSPS) is 17.8. The molecule has 2 rings (SSSR count). The van der Waals surface area contributed by atoms with E-state index in [9.17, 15) is 8.42 Å². The molecule has 1 aliphatic carbocycles. The summed E-state index contributed by atoms with van der Waals surface area (Å²) < 4.78 is 27.0. The molecule has 0 aromatic heterocycles. The van der Waals surface area contributed by atoms with Gasteiger partial charge in [-0.1, -0.05) is 31.4 Å². The lowest BCUT2D eigenvalue weighted by atomic mass is 9.90. The highest BCUT2D eigenvalue weighted by molar-refractivity contribution is 7.89. The summed E-state index contributed by atoms with van der Waals surface area (Å²) in [6.45, 7) is 2.48. The Kier molecular flexibility index (Phi) is 4.40. The molecule has 0 amide bonds. The fourth-order valence-electron chi connectivity index (χ4n) is 2.48. The van der Waals surface area contributed by atoms with Gasteiger partial charge in [0.15, 0.2) is 0 Å². The molecule has 3 nitrogen and oxygen atoms in total. The van der Waals surface area contributed by atoms with E-state index in [2.05, 4.69) is 4.72 Å². The van der Waals surface area contributed by atoms with Gasteiger partial charge in [0.1, 0.15) is 0 Å². The maximum atomic E-state index is 12.1. The highest BCUT2D eigenvalue weighted by Gasteiger charge is 2.18. The van der Waals surface area contributed by atoms with E-state index < -0.39 is 10.0 Å². The fraction of sp³-hybridized carbons (Fsp3) is 0.571. The number of hydrogen-bond donors (Lipinski definition) is 1. The Hall–Kier alpha value is -0.870. The molecule has 1 aromatic rings. The topological polar surface area (TPSA) is 46.2 Å². The molecule has 0 unspecified atom stereocenters. The van der Waals surface area contributed by atoms with Crippen molar-refractivity contribution in [3.8, 4) is 0 Å². The summed E-state index contributed by atoms with van der Waals surface area (Å²) in [5, 5.41) is 0. The third-order valence-corrected chi connectivity index (χ3v) is 5.01. The molecule has 0 radical (unpaired) electrons. The second kappa shape index (κ2) is 5.85. The number of nitrogens with one attached hydrogen (secondary N) is 1. The van der Waals surface area contributed by atoms with Gasteiger partial charge < -0.3 is 0 Å². The predicted octanol–water partition coefficient (Wildman–Crippen LogP) is 2.85. The van der Waals surface area contributed by atoms with Crippen molar-refractivity contribution < 1.29 is 8.42 Å². The Morgan fingerprint density at radius 3 is 2.61 bits per heavy atom. The predicted molar refractivity (Wildman–Crippen MR) is 72.9 cm³/mol. The summed E-state index contributed by atoms with van der Waals surface area (Å²) in [6.07, 6.45) is 6.06. The number of rotatable bonds is 4. The number of benzene rings is 1. The molecule has 0 bridgehead atoms. The SMILES string of the molecule is Cc1cccc(S(=O)(=O)NCC2CCCCC2)c1. The third-order valence-electron chi connectivity index (χ3n) is 3.59. The van der Waals surface area contributed by atoms with Crippen LogP contribution >= 0.6 is 0 Å². The third kappa shape index (κ3) is 3.56. The van der Waals surface area contributed by atoms with Gasteiger partial charge in [0.25, 0.3) is 0 Å². The summed E-state index contributed by atoms with van der Waals surface area (Å²) in [6, 6.07) is 7.05. The van der Waals surface area contributed by atoms with Crippen LogP contribution in [0.1, 0.15) is 37.7 Å². The largest absolute Gasteiger partial charge is 0.240 e. The van der Waals surface area contributed by atoms with E-state index in [1.54, 1.807) is 18.2 Å². The van der Waals surface area contributed by atoms with Crippen molar-refractivity contribution in [1.29, 1.82) is 0 Å². The van der Waals surface area contributed by atoms with Crippen molar-refractivity contribution in [2.24, 2.45) is 5.92 Å². The Bertz CT molecular complexity index is 490. The molecule has 0 aliphatic heterocycles. The van der Waals surface area contributed by atoms with E-state index in [0.717, 1.165) is 18.4 Å². The molecular formula is C14H21NO2S. The Morgan fingerprint density at radius 1 is 1.22 bits per heavy atom. The van der Waals surface area contributed by atoms with Crippen LogP contribution in [0, 0.1) is 12.8 Å². The Morgan fingerprint density at radius 2 is 1.94 bits per heavy atom. The van der Waals surface area contributed by atoms with E-state index in [4.69, 9.17) is 0 Å². The zero-order valence-electron chi connectivity index (χ0n) is 10.9. The van der Waals surface area contributed by atoms with Crippen LogP contribution in [-0.4, -0.2) is 15.0 Å². The van der Waals surface area contributed by atoms with Crippen molar-refractivity contribution in [1.82, 2.24) is 4.72 Å². The maximum absolute atomic E-state index is 12.1. The zero-order chi connectivity index (χ0) is 13.0. The van der Waals surface area contributed by atoms with Crippen molar-refractivity contribution >= 4 is 10.0 Å². The van der Waals surface area contributed by atoms with Gasteiger partial charge in [-0.3, -0.25) is 0 Å².